The first-order valence-corrected chi connectivity index (χ1v) is 14.2. The lowest BCUT2D eigenvalue weighted by Crippen LogP contribution is -2.53. The van der Waals surface area contributed by atoms with Crippen molar-refractivity contribution in [3.8, 4) is 11.5 Å². The second-order valence-electron chi connectivity index (χ2n) is 11.1. The zero-order chi connectivity index (χ0) is 32.4. The van der Waals surface area contributed by atoms with Crippen LogP contribution in [0.15, 0.2) is 66.9 Å². The predicted molar refractivity (Wildman–Crippen MR) is 158 cm³/mol. The molecule has 1 atom stereocenters. The number of carboxylic acid groups (broad SMARTS) is 1. The van der Waals surface area contributed by atoms with Gasteiger partial charge in [0.25, 0.3) is 0 Å². The molecule has 0 aliphatic carbocycles. The minimum atomic E-state index is -5.05. The fourth-order valence-corrected chi connectivity index (χ4v) is 5.73. The van der Waals surface area contributed by atoms with E-state index in [-0.39, 0.29) is 59.9 Å². The van der Waals surface area contributed by atoms with E-state index in [1.165, 1.54) is 59.2 Å². The van der Waals surface area contributed by atoms with E-state index in [9.17, 15) is 27.5 Å². The molecular weight excluding hydrogens is 594 g/mol. The minimum absolute atomic E-state index is 0.0952. The number of halogens is 4. The molecule has 0 spiro atoms. The largest absolute Gasteiger partial charge is 0.493 e. The highest BCUT2D eigenvalue weighted by atomic mass is 19.4. The number of hydrogen-bond donors (Lipinski definition) is 2. The molecule has 0 saturated carbocycles. The van der Waals surface area contributed by atoms with Crippen LogP contribution in [0.2, 0.25) is 0 Å². The van der Waals surface area contributed by atoms with Gasteiger partial charge in [0, 0.05) is 47.9 Å². The third-order valence-corrected chi connectivity index (χ3v) is 8.07. The van der Waals surface area contributed by atoms with E-state index in [1.807, 2.05) is 0 Å². The van der Waals surface area contributed by atoms with E-state index in [4.69, 9.17) is 21.2 Å². The molecular formula is C33H31F4N3O5. The van der Waals surface area contributed by atoms with Gasteiger partial charge in [0.2, 0.25) is 5.60 Å². The molecule has 0 bridgehead atoms. The quantitative estimate of drug-likeness (QED) is 0.159. The lowest BCUT2D eigenvalue weighted by molar-refractivity contribution is -0.272. The number of ether oxygens (including phenoxy) is 2. The van der Waals surface area contributed by atoms with Gasteiger partial charge in [-0.25, -0.2) is 9.24 Å². The molecule has 2 heterocycles. The lowest BCUT2D eigenvalue weighted by atomic mass is 9.91. The van der Waals surface area contributed by atoms with Crippen molar-refractivity contribution in [2.45, 2.75) is 43.7 Å². The number of likely N-dealkylation sites (tertiary alicyclic amines) is 1. The predicted octanol–water partition coefficient (Wildman–Crippen LogP) is 6.31. The first-order chi connectivity index (χ1) is 21.4. The van der Waals surface area contributed by atoms with E-state index in [1.54, 1.807) is 24.3 Å². The first-order valence-electron chi connectivity index (χ1n) is 14.2. The van der Waals surface area contributed by atoms with Gasteiger partial charge in [0.05, 0.1) is 26.6 Å². The van der Waals surface area contributed by atoms with E-state index < -0.39 is 30.1 Å². The van der Waals surface area contributed by atoms with Crippen molar-refractivity contribution in [2.75, 3.05) is 26.7 Å². The number of alkyl halides is 3. The van der Waals surface area contributed by atoms with Crippen LogP contribution in [0.3, 0.4) is 0 Å². The van der Waals surface area contributed by atoms with Crippen LogP contribution in [0.5, 0.6) is 11.5 Å². The number of carbonyl (C=O) groups is 1. The summed E-state index contributed by atoms with van der Waals surface area (Å²) in [5.74, 6) is -0.749. The lowest BCUT2D eigenvalue weighted by Gasteiger charge is -2.39. The highest BCUT2D eigenvalue weighted by molar-refractivity contribution is 5.88. The normalized spacial score (nSPS) is 15.8. The molecule has 236 valence electrons. The van der Waals surface area contributed by atoms with Crippen LogP contribution in [-0.4, -0.2) is 64.7 Å². The summed E-state index contributed by atoms with van der Waals surface area (Å²) in [5.41, 5.74) is -2.37. The molecule has 0 radical (unpaired) electrons. The summed E-state index contributed by atoms with van der Waals surface area (Å²) < 4.78 is 71.8. The Morgan fingerprint density at radius 2 is 1.80 bits per heavy atom. The molecule has 1 fully saturated rings. The fourth-order valence-electron chi connectivity index (χ4n) is 5.73. The van der Waals surface area contributed by atoms with Gasteiger partial charge in [0.15, 0.2) is 17.2 Å². The topological polar surface area (TPSA) is 88.5 Å². The Hall–Kier alpha value is -4.60. The summed E-state index contributed by atoms with van der Waals surface area (Å²) in [5, 5.41) is 20.6. The molecule has 5 rings (SSSR count). The number of β-amino-alcohol motifs (C(OH)–C–C–N with tert-alkyl or cyclic N) is 1. The average molecular weight is 626 g/mol. The number of benzene rings is 3. The van der Waals surface area contributed by atoms with Crippen LogP contribution in [0.25, 0.3) is 15.7 Å². The summed E-state index contributed by atoms with van der Waals surface area (Å²) in [6.07, 6.45) is -3.63. The van der Waals surface area contributed by atoms with Gasteiger partial charge < -0.3 is 24.3 Å². The van der Waals surface area contributed by atoms with Gasteiger partial charge in [-0.05, 0) is 42.7 Å². The highest BCUT2D eigenvalue weighted by Gasteiger charge is 2.57. The Morgan fingerprint density at radius 1 is 1.07 bits per heavy atom. The Balaban J connectivity index is 1.38. The van der Waals surface area contributed by atoms with Crippen molar-refractivity contribution in [1.82, 2.24) is 9.47 Å². The zero-order valence-electron chi connectivity index (χ0n) is 24.4. The molecule has 2 N–H and O–H groups in total. The van der Waals surface area contributed by atoms with Crippen LogP contribution >= 0.6 is 0 Å². The standard InChI is InChI=1S/C33H31F4N3O5/c1-38-23-8-9-25-26(19-40(28(25)17-23)18-22-5-3-4-6-27(22)34)32(43,33(35,36)37)20-39-13-11-24(12-14-39)45-29-10-7-21(16-31(41)42)15-30(29)44-2/h3-10,15,17,19,24,43H,11-14,16,18,20H2,2H3,(H,41,42). The number of piperidine rings is 1. The highest BCUT2D eigenvalue weighted by Crippen LogP contribution is 2.44. The summed E-state index contributed by atoms with van der Waals surface area (Å²) in [6, 6.07) is 15.0. The molecule has 0 amide bonds. The summed E-state index contributed by atoms with van der Waals surface area (Å²) in [4.78, 5) is 16.0. The Labute approximate surface area is 256 Å². The molecule has 1 aliphatic heterocycles. The Morgan fingerprint density at radius 3 is 2.44 bits per heavy atom. The molecule has 4 aromatic rings. The van der Waals surface area contributed by atoms with Crippen molar-refractivity contribution in [2.24, 2.45) is 0 Å². The molecule has 12 heteroatoms. The fraction of sp³-hybridized carbons (Fsp3) is 0.333. The molecule has 3 aromatic carbocycles. The number of hydrogen-bond acceptors (Lipinski definition) is 5. The number of aliphatic hydroxyl groups is 1. The summed E-state index contributed by atoms with van der Waals surface area (Å²) in [7, 11) is 1.43. The Kier molecular flexibility index (Phi) is 9.04. The SMILES string of the molecule is [C-]#[N+]c1ccc2c(C(O)(CN3CCC(Oc4ccc(CC(=O)O)cc4OC)CC3)C(F)(F)F)cn(Cc3ccccc3F)c2c1. The second-order valence-corrected chi connectivity index (χ2v) is 11.1. The molecule has 1 saturated heterocycles. The smallest absolute Gasteiger partial charge is 0.422 e. The van der Waals surface area contributed by atoms with Crippen LogP contribution in [0.4, 0.5) is 23.2 Å². The maximum atomic E-state index is 14.8. The van der Waals surface area contributed by atoms with Crippen LogP contribution in [-0.2, 0) is 23.4 Å². The van der Waals surface area contributed by atoms with E-state index in [0.29, 0.717) is 29.9 Å². The minimum Gasteiger partial charge on any atom is -0.493 e. The number of aromatic nitrogens is 1. The average Bonchev–Trinajstić information content (AvgIpc) is 3.37. The number of methoxy groups -OCH3 is 1. The number of aliphatic carboxylic acids is 1. The van der Waals surface area contributed by atoms with Crippen molar-refractivity contribution in [3.63, 3.8) is 0 Å². The zero-order valence-corrected chi connectivity index (χ0v) is 24.4. The van der Waals surface area contributed by atoms with Gasteiger partial charge in [-0.15, -0.1) is 0 Å². The van der Waals surface area contributed by atoms with Gasteiger partial charge in [-0.2, -0.15) is 13.2 Å². The van der Waals surface area contributed by atoms with E-state index in [2.05, 4.69) is 4.85 Å². The monoisotopic (exact) mass is 625 g/mol. The van der Waals surface area contributed by atoms with E-state index >= 15 is 0 Å². The van der Waals surface area contributed by atoms with Crippen molar-refractivity contribution in [1.29, 1.82) is 0 Å². The van der Waals surface area contributed by atoms with Gasteiger partial charge in [-0.3, -0.25) is 9.69 Å². The molecule has 45 heavy (non-hydrogen) atoms. The van der Waals surface area contributed by atoms with Crippen molar-refractivity contribution in [3.05, 3.63) is 101 Å². The number of nitrogens with zero attached hydrogens (tertiary/aromatic N) is 3. The number of carboxylic acids is 1. The number of fused-ring (bicyclic) bond motifs is 1. The molecule has 1 aliphatic rings. The first kappa shape index (κ1) is 31.8. The maximum Gasteiger partial charge on any atom is 0.422 e. The Bertz CT molecular complexity index is 1740. The summed E-state index contributed by atoms with van der Waals surface area (Å²) >= 11 is 0. The second kappa shape index (κ2) is 12.8. The number of rotatable bonds is 10. The molecule has 1 unspecified atom stereocenters. The summed E-state index contributed by atoms with van der Waals surface area (Å²) in [6.45, 7) is 6.95. The molecule has 8 nitrogen and oxygen atoms in total. The van der Waals surface area contributed by atoms with Gasteiger partial charge in [0.1, 0.15) is 11.9 Å². The third kappa shape index (κ3) is 6.74. The van der Waals surface area contributed by atoms with Crippen molar-refractivity contribution < 1.29 is 42.0 Å². The van der Waals surface area contributed by atoms with Gasteiger partial charge >= 0.3 is 12.1 Å². The molecule has 1 aromatic heterocycles. The van der Waals surface area contributed by atoms with Crippen LogP contribution < -0.4 is 9.47 Å². The van der Waals surface area contributed by atoms with E-state index in [0.717, 1.165) is 0 Å². The van der Waals surface area contributed by atoms with Crippen LogP contribution in [0.1, 0.15) is 29.5 Å². The third-order valence-electron chi connectivity index (χ3n) is 8.07. The van der Waals surface area contributed by atoms with Crippen LogP contribution in [0, 0.1) is 12.4 Å². The maximum absolute atomic E-state index is 14.8. The van der Waals surface area contributed by atoms with Crippen molar-refractivity contribution >= 4 is 22.6 Å². The van der Waals surface area contributed by atoms with Gasteiger partial charge in [-0.1, -0.05) is 36.4 Å².